The molecule has 1 fully saturated rings. The molecule has 2 heterocycles. The molecule has 5 nitrogen and oxygen atoms in total. The summed E-state index contributed by atoms with van der Waals surface area (Å²) in [6, 6.07) is 8.53. The van der Waals surface area contributed by atoms with Gasteiger partial charge >= 0.3 is 0 Å². The van der Waals surface area contributed by atoms with Gasteiger partial charge in [-0.2, -0.15) is 0 Å². The van der Waals surface area contributed by atoms with Gasteiger partial charge in [0.05, 0.1) is 5.02 Å². The number of likely N-dealkylation sites (tertiary alicyclic amines) is 1. The van der Waals surface area contributed by atoms with Gasteiger partial charge in [-0.05, 0) is 49.1 Å². The van der Waals surface area contributed by atoms with Crippen LogP contribution in [0.15, 0.2) is 36.5 Å². The standard InChI is InChI=1S/C18H20ClN3O2/c1-12-6-8-22(9-7-12)18(24)13-2-4-15(5-3-13)21-17(23)16-10-14(19)11-20-16/h2-5,10-12,20H,6-9H2,1H3,(H,21,23). The summed E-state index contributed by atoms with van der Waals surface area (Å²) in [6.45, 7) is 3.84. The number of piperidine rings is 1. The number of nitrogens with zero attached hydrogens (tertiary/aromatic N) is 1. The first kappa shape index (κ1) is 16.6. The smallest absolute Gasteiger partial charge is 0.272 e. The highest BCUT2D eigenvalue weighted by atomic mass is 35.5. The van der Waals surface area contributed by atoms with E-state index in [0.717, 1.165) is 25.9 Å². The van der Waals surface area contributed by atoms with Crippen molar-refractivity contribution in [1.29, 1.82) is 0 Å². The molecule has 1 aromatic carbocycles. The summed E-state index contributed by atoms with van der Waals surface area (Å²) in [5.41, 5.74) is 1.67. The van der Waals surface area contributed by atoms with E-state index < -0.39 is 0 Å². The van der Waals surface area contributed by atoms with E-state index in [1.54, 1.807) is 36.5 Å². The van der Waals surface area contributed by atoms with Gasteiger partial charge in [0.1, 0.15) is 5.69 Å². The van der Waals surface area contributed by atoms with Crippen LogP contribution in [0.4, 0.5) is 5.69 Å². The molecule has 0 unspecified atom stereocenters. The van der Waals surface area contributed by atoms with E-state index >= 15 is 0 Å². The zero-order chi connectivity index (χ0) is 17.1. The Labute approximate surface area is 146 Å². The number of aromatic nitrogens is 1. The number of halogens is 1. The zero-order valence-corrected chi connectivity index (χ0v) is 14.3. The minimum atomic E-state index is -0.272. The van der Waals surface area contributed by atoms with Crippen LogP contribution in [0.2, 0.25) is 5.02 Å². The summed E-state index contributed by atoms with van der Waals surface area (Å²) in [6.07, 6.45) is 3.66. The Hall–Kier alpha value is -2.27. The fourth-order valence-electron chi connectivity index (χ4n) is 2.79. The molecule has 6 heteroatoms. The summed E-state index contributed by atoms with van der Waals surface area (Å²) in [4.78, 5) is 29.2. The van der Waals surface area contributed by atoms with E-state index in [1.807, 2.05) is 4.90 Å². The van der Waals surface area contributed by atoms with Crippen molar-refractivity contribution in [3.8, 4) is 0 Å². The molecule has 0 saturated carbocycles. The number of benzene rings is 1. The van der Waals surface area contributed by atoms with Crippen LogP contribution in [0.3, 0.4) is 0 Å². The average Bonchev–Trinajstić information content (AvgIpc) is 3.02. The lowest BCUT2D eigenvalue weighted by Crippen LogP contribution is -2.37. The van der Waals surface area contributed by atoms with Crippen LogP contribution < -0.4 is 5.32 Å². The Morgan fingerprint density at radius 2 is 1.88 bits per heavy atom. The molecule has 1 saturated heterocycles. The van der Waals surface area contributed by atoms with Crippen LogP contribution in [-0.2, 0) is 0 Å². The second kappa shape index (κ2) is 7.09. The van der Waals surface area contributed by atoms with Crippen molar-refractivity contribution in [3.63, 3.8) is 0 Å². The molecule has 1 aromatic heterocycles. The third-order valence-corrected chi connectivity index (χ3v) is 4.57. The van der Waals surface area contributed by atoms with Gasteiger partial charge in [-0.15, -0.1) is 0 Å². The Balaban J connectivity index is 1.62. The predicted molar refractivity (Wildman–Crippen MR) is 94.5 cm³/mol. The van der Waals surface area contributed by atoms with Crippen molar-refractivity contribution in [1.82, 2.24) is 9.88 Å². The number of carbonyl (C=O) groups is 2. The maximum absolute atomic E-state index is 12.5. The van der Waals surface area contributed by atoms with E-state index in [0.29, 0.717) is 27.9 Å². The Morgan fingerprint density at radius 3 is 2.46 bits per heavy atom. The quantitative estimate of drug-likeness (QED) is 0.888. The van der Waals surface area contributed by atoms with Crippen LogP contribution in [0.25, 0.3) is 0 Å². The maximum Gasteiger partial charge on any atom is 0.272 e. The number of hydrogen-bond acceptors (Lipinski definition) is 2. The number of rotatable bonds is 3. The van der Waals surface area contributed by atoms with Gasteiger partial charge in [0, 0.05) is 30.5 Å². The van der Waals surface area contributed by atoms with Gasteiger partial charge in [-0.3, -0.25) is 9.59 Å². The first-order chi connectivity index (χ1) is 11.5. The van der Waals surface area contributed by atoms with Gasteiger partial charge in [-0.25, -0.2) is 0 Å². The van der Waals surface area contributed by atoms with E-state index in [4.69, 9.17) is 11.6 Å². The summed E-state index contributed by atoms with van der Waals surface area (Å²) in [7, 11) is 0. The second-order valence-electron chi connectivity index (χ2n) is 6.24. The molecule has 2 N–H and O–H groups in total. The number of amides is 2. The van der Waals surface area contributed by atoms with Crippen LogP contribution >= 0.6 is 11.6 Å². The molecule has 0 aliphatic carbocycles. The molecule has 3 rings (SSSR count). The van der Waals surface area contributed by atoms with Gasteiger partial charge in [0.15, 0.2) is 0 Å². The van der Waals surface area contributed by atoms with Crippen molar-refractivity contribution < 1.29 is 9.59 Å². The van der Waals surface area contributed by atoms with Crippen LogP contribution in [0.1, 0.15) is 40.6 Å². The molecule has 0 radical (unpaired) electrons. The normalized spacial score (nSPS) is 15.3. The van der Waals surface area contributed by atoms with Crippen molar-refractivity contribution in [2.45, 2.75) is 19.8 Å². The highest BCUT2D eigenvalue weighted by Crippen LogP contribution is 2.19. The molecule has 2 amide bonds. The van der Waals surface area contributed by atoms with Crippen molar-refractivity contribution in [3.05, 3.63) is 52.8 Å². The summed E-state index contributed by atoms with van der Waals surface area (Å²) < 4.78 is 0. The van der Waals surface area contributed by atoms with E-state index in [9.17, 15) is 9.59 Å². The molecule has 126 valence electrons. The second-order valence-corrected chi connectivity index (χ2v) is 6.67. The summed E-state index contributed by atoms with van der Waals surface area (Å²) in [5, 5.41) is 3.25. The topological polar surface area (TPSA) is 65.2 Å². The minimum Gasteiger partial charge on any atom is -0.356 e. The van der Waals surface area contributed by atoms with Crippen LogP contribution in [0.5, 0.6) is 0 Å². The fourth-order valence-corrected chi connectivity index (χ4v) is 2.95. The minimum absolute atomic E-state index is 0.0518. The summed E-state index contributed by atoms with van der Waals surface area (Å²) >= 11 is 5.79. The lowest BCUT2D eigenvalue weighted by molar-refractivity contribution is 0.0697. The monoisotopic (exact) mass is 345 g/mol. The van der Waals surface area contributed by atoms with Crippen molar-refractivity contribution >= 4 is 29.1 Å². The van der Waals surface area contributed by atoms with Gasteiger partial charge in [0.25, 0.3) is 11.8 Å². The zero-order valence-electron chi connectivity index (χ0n) is 13.5. The molecular formula is C18H20ClN3O2. The van der Waals surface area contributed by atoms with Crippen molar-refractivity contribution in [2.75, 3.05) is 18.4 Å². The Bertz CT molecular complexity index is 731. The fraction of sp³-hybridized carbons (Fsp3) is 0.333. The Kier molecular flexibility index (Phi) is 4.90. The van der Waals surface area contributed by atoms with E-state index in [-0.39, 0.29) is 11.8 Å². The van der Waals surface area contributed by atoms with Gasteiger partial charge in [0.2, 0.25) is 0 Å². The molecule has 0 atom stereocenters. The molecule has 2 aromatic rings. The lowest BCUT2D eigenvalue weighted by atomic mass is 9.98. The molecular weight excluding hydrogens is 326 g/mol. The molecule has 0 bridgehead atoms. The van der Waals surface area contributed by atoms with Crippen LogP contribution in [-0.4, -0.2) is 34.8 Å². The number of aromatic amines is 1. The molecule has 0 spiro atoms. The molecule has 1 aliphatic heterocycles. The first-order valence-electron chi connectivity index (χ1n) is 8.07. The molecule has 1 aliphatic rings. The SMILES string of the molecule is CC1CCN(C(=O)c2ccc(NC(=O)c3cc(Cl)c[nH]3)cc2)CC1. The van der Waals surface area contributed by atoms with Crippen molar-refractivity contribution in [2.24, 2.45) is 5.92 Å². The highest BCUT2D eigenvalue weighted by Gasteiger charge is 2.21. The first-order valence-corrected chi connectivity index (χ1v) is 8.45. The van der Waals surface area contributed by atoms with E-state index in [2.05, 4.69) is 17.2 Å². The number of carbonyl (C=O) groups excluding carboxylic acids is 2. The predicted octanol–water partition coefficient (Wildman–Crippen LogP) is 3.79. The number of hydrogen-bond donors (Lipinski definition) is 2. The Morgan fingerprint density at radius 1 is 1.21 bits per heavy atom. The van der Waals surface area contributed by atoms with Gasteiger partial charge < -0.3 is 15.2 Å². The van der Waals surface area contributed by atoms with Crippen LogP contribution in [0, 0.1) is 5.92 Å². The number of anilines is 1. The third kappa shape index (κ3) is 3.79. The molecule has 24 heavy (non-hydrogen) atoms. The summed E-state index contributed by atoms with van der Waals surface area (Å²) in [5.74, 6) is 0.468. The highest BCUT2D eigenvalue weighted by molar-refractivity contribution is 6.31. The third-order valence-electron chi connectivity index (χ3n) is 4.35. The average molecular weight is 346 g/mol. The number of nitrogens with one attached hydrogen (secondary N) is 2. The maximum atomic E-state index is 12.5. The van der Waals surface area contributed by atoms with Gasteiger partial charge in [-0.1, -0.05) is 18.5 Å². The lowest BCUT2D eigenvalue weighted by Gasteiger charge is -2.30. The van der Waals surface area contributed by atoms with E-state index in [1.165, 1.54) is 0 Å². The number of H-pyrrole nitrogens is 1. The largest absolute Gasteiger partial charge is 0.356 e.